The van der Waals surface area contributed by atoms with Crippen LogP contribution in [0.2, 0.25) is 0 Å². The zero-order valence-electron chi connectivity index (χ0n) is 14.9. The van der Waals surface area contributed by atoms with Crippen molar-refractivity contribution in [2.24, 2.45) is 0 Å². The van der Waals surface area contributed by atoms with E-state index in [1.807, 2.05) is 26.0 Å². The minimum Gasteiger partial charge on any atom is -0.496 e. The zero-order valence-corrected chi connectivity index (χ0v) is 14.9. The molecule has 2 N–H and O–H groups in total. The summed E-state index contributed by atoms with van der Waals surface area (Å²) in [5, 5.41) is 5.44. The van der Waals surface area contributed by atoms with Gasteiger partial charge in [0.05, 0.1) is 13.7 Å². The van der Waals surface area contributed by atoms with Crippen LogP contribution in [0.25, 0.3) is 0 Å². The van der Waals surface area contributed by atoms with Gasteiger partial charge in [-0.15, -0.1) is 0 Å². The minimum atomic E-state index is -0.258. The van der Waals surface area contributed by atoms with Crippen LogP contribution in [0.5, 0.6) is 5.75 Å². The summed E-state index contributed by atoms with van der Waals surface area (Å²) >= 11 is 0. The smallest absolute Gasteiger partial charge is 0.251 e. The third-order valence-electron chi connectivity index (χ3n) is 3.94. The predicted octanol–water partition coefficient (Wildman–Crippen LogP) is 2.40. The van der Waals surface area contributed by atoms with Gasteiger partial charge in [0.2, 0.25) is 5.91 Å². The summed E-state index contributed by atoms with van der Waals surface area (Å²) in [5.74, 6) is 0.365. The average molecular weight is 340 g/mol. The van der Waals surface area contributed by atoms with Crippen LogP contribution < -0.4 is 15.4 Å². The van der Waals surface area contributed by atoms with E-state index >= 15 is 0 Å². The highest BCUT2D eigenvalue weighted by atomic mass is 16.5. The highest BCUT2D eigenvalue weighted by Gasteiger charge is 2.10. The molecular formula is C20H24N2O3. The minimum absolute atomic E-state index is 0.0439. The SMILES string of the molecule is COc1cc(C)cc(C)c1CCNC(=O)CNC(=O)c1ccccc1. The fourth-order valence-corrected chi connectivity index (χ4v) is 2.70. The van der Waals surface area contributed by atoms with Crippen molar-refractivity contribution in [2.75, 3.05) is 20.2 Å². The number of amides is 2. The molecule has 0 saturated heterocycles. The molecular weight excluding hydrogens is 316 g/mol. The summed E-state index contributed by atoms with van der Waals surface area (Å²) < 4.78 is 5.42. The molecule has 0 unspecified atom stereocenters. The number of rotatable bonds is 7. The number of carbonyl (C=O) groups excluding carboxylic acids is 2. The van der Waals surface area contributed by atoms with Crippen LogP contribution in [0, 0.1) is 13.8 Å². The molecule has 2 rings (SSSR count). The molecule has 0 bridgehead atoms. The van der Waals surface area contributed by atoms with Gasteiger partial charge < -0.3 is 15.4 Å². The lowest BCUT2D eigenvalue weighted by atomic mass is 10.0. The predicted molar refractivity (Wildman–Crippen MR) is 98.0 cm³/mol. The van der Waals surface area contributed by atoms with Crippen molar-refractivity contribution in [3.05, 3.63) is 64.7 Å². The number of aryl methyl sites for hydroxylation is 2. The number of carbonyl (C=O) groups is 2. The molecule has 2 amide bonds. The van der Waals surface area contributed by atoms with Gasteiger partial charge in [-0.1, -0.05) is 24.3 Å². The van der Waals surface area contributed by atoms with E-state index in [4.69, 9.17) is 4.74 Å². The van der Waals surface area contributed by atoms with Gasteiger partial charge in [-0.2, -0.15) is 0 Å². The van der Waals surface area contributed by atoms with Gasteiger partial charge in [-0.05, 0) is 55.2 Å². The molecule has 0 aliphatic heterocycles. The molecule has 5 nitrogen and oxygen atoms in total. The molecule has 0 atom stereocenters. The Balaban J connectivity index is 1.80. The monoisotopic (exact) mass is 340 g/mol. The van der Waals surface area contributed by atoms with Crippen molar-refractivity contribution in [2.45, 2.75) is 20.3 Å². The van der Waals surface area contributed by atoms with E-state index in [-0.39, 0.29) is 18.4 Å². The number of nitrogens with one attached hydrogen (secondary N) is 2. The molecule has 0 radical (unpaired) electrons. The van der Waals surface area contributed by atoms with Crippen molar-refractivity contribution >= 4 is 11.8 Å². The summed E-state index contributed by atoms with van der Waals surface area (Å²) in [4.78, 5) is 23.8. The Labute approximate surface area is 148 Å². The number of benzene rings is 2. The molecule has 0 fully saturated rings. The molecule has 0 aliphatic rings. The van der Waals surface area contributed by atoms with Gasteiger partial charge in [-0.3, -0.25) is 9.59 Å². The summed E-state index contributed by atoms with van der Waals surface area (Å²) in [7, 11) is 1.65. The maximum Gasteiger partial charge on any atom is 0.251 e. The number of ether oxygens (including phenoxy) is 1. The molecule has 0 aromatic heterocycles. The fourth-order valence-electron chi connectivity index (χ4n) is 2.70. The van der Waals surface area contributed by atoms with Gasteiger partial charge in [0.1, 0.15) is 5.75 Å². The van der Waals surface area contributed by atoms with Gasteiger partial charge >= 0.3 is 0 Å². The molecule has 5 heteroatoms. The Hall–Kier alpha value is -2.82. The lowest BCUT2D eigenvalue weighted by Crippen LogP contribution is -2.37. The van der Waals surface area contributed by atoms with Crippen molar-refractivity contribution < 1.29 is 14.3 Å². The van der Waals surface area contributed by atoms with Crippen LogP contribution in [-0.4, -0.2) is 32.0 Å². The summed E-state index contributed by atoms with van der Waals surface area (Å²) in [5.41, 5.74) is 3.91. The van der Waals surface area contributed by atoms with Crippen LogP contribution in [0.15, 0.2) is 42.5 Å². The fraction of sp³-hybridized carbons (Fsp3) is 0.300. The first kappa shape index (κ1) is 18.5. The van der Waals surface area contributed by atoms with Crippen molar-refractivity contribution in [1.29, 1.82) is 0 Å². The standard InChI is InChI=1S/C20H24N2O3/c1-14-11-15(2)17(18(12-14)25-3)9-10-21-19(23)13-22-20(24)16-7-5-4-6-8-16/h4-8,11-12H,9-10,13H2,1-3H3,(H,21,23)(H,22,24). The van der Waals surface area contributed by atoms with Crippen LogP contribution in [-0.2, 0) is 11.2 Å². The van der Waals surface area contributed by atoms with E-state index in [9.17, 15) is 9.59 Å². The lowest BCUT2D eigenvalue weighted by Gasteiger charge is -2.13. The highest BCUT2D eigenvalue weighted by Crippen LogP contribution is 2.24. The topological polar surface area (TPSA) is 67.4 Å². The maximum absolute atomic E-state index is 11.9. The van der Waals surface area contributed by atoms with Crippen molar-refractivity contribution in [1.82, 2.24) is 10.6 Å². The normalized spacial score (nSPS) is 10.2. The lowest BCUT2D eigenvalue weighted by molar-refractivity contribution is -0.120. The van der Waals surface area contributed by atoms with Crippen LogP contribution in [0.3, 0.4) is 0 Å². The van der Waals surface area contributed by atoms with E-state index in [0.717, 1.165) is 22.4 Å². The Morgan fingerprint density at radius 1 is 1.04 bits per heavy atom. The van der Waals surface area contributed by atoms with E-state index < -0.39 is 0 Å². The quantitative estimate of drug-likeness (QED) is 0.813. The zero-order chi connectivity index (χ0) is 18.2. The number of hydrogen-bond acceptors (Lipinski definition) is 3. The molecule has 2 aromatic carbocycles. The summed E-state index contributed by atoms with van der Waals surface area (Å²) in [6.07, 6.45) is 0.674. The Bertz CT molecular complexity index is 742. The molecule has 25 heavy (non-hydrogen) atoms. The second kappa shape index (κ2) is 8.87. The van der Waals surface area contributed by atoms with Crippen LogP contribution in [0.4, 0.5) is 0 Å². The first-order valence-corrected chi connectivity index (χ1v) is 8.25. The Morgan fingerprint density at radius 2 is 1.76 bits per heavy atom. The average Bonchev–Trinajstić information content (AvgIpc) is 2.61. The highest BCUT2D eigenvalue weighted by molar-refractivity contribution is 5.96. The van der Waals surface area contributed by atoms with E-state index in [1.54, 1.807) is 31.4 Å². The van der Waals surface area contributed by atoms with E-state index in [0.29, 0.717) is 18.5 Å². The Kier molecular flexibility index (Phi) is 6.57. The van der Waals surface area contributed by atoms with Crippen molar-refractivity contribution in [3.63, 3.8) is 0 Å². The van der Waals surface area contributed by atoms with Gasteiger partial charge in [-0.25, -0.2) is 0 Å². The van der Waals surface area contributed by atoms with Gasteiger partial charge in [0.15, 0.2) is 0 Å². The molecule has 0 aliphatic carbocycles. The van der Waals surface area contributed by atoms with E-state index in [2.05, 4.69) is 16.7 Å². The van der Waals surface area contributed by atoms with Gasteiger partial charge in [0, 0.05) is 12.1 Å². The molecule has 132 valence electrons. The van der Waals surface area contributed by atoms with Crippen molar-refractivity contribution in [3.8, 4) is 5.75 Å². The maximum atomic E-state index is 11.9. The Morgan fingerprint density at radius 3 is 2.44 bits per heavy atom. The molecule has 2 aromatic rings. The second-order valence-electron chi connectivity index (χ2n) is 5.91. The first-order chi connectivity index (χ1) is 12.0. The van der Waals surface area contributed by atoms with Crippen LogP contribution in [0.1, 0.15) is 27.0 Å². The van der Waals surface area contributed by atoms with Gasteiger partial charge in [0.25, 0.3) is 5.91 Å². The largest absolute Gasteiger partial charge is 0.496 e. The summed E-state index contributed by atoms with van der Waals surface area (Å²) in [6.45, 7) is 4.50. The van der Waals surface area contributed by atoms with E-state index in [1.165, 1.54) is 0 Å². The second-order valence-corrected chi connectivity index (χ2v) is 5.91. The third-order valence-corrected chi connectivity index (χ3v) is 3.94. The van der Waals surface area contributed by atoms with Crippen LogP contribution >= 0.6 is 0 Å². The third kappa shape index (κ3) is 5.35. The first-order valence-electron chi connectivity index (χ1n) is 8.25. The molecule has 0 heterocycles. The molecule has 0 spiro atoms. The summed E-state index contributed by atoms with van der Waals surface area (Å²) in [6, 6.07) is 12.9. The number of methoxy groups -OCH3 is 1. The number of hydrogen-bond donors (Lipinski definition) is 2. The molecule has 0 saturated carbocycles.